The van der Waals surface area contributed by atoms with Crippen LogP contribution >= 0.6 is 15.9 Å². The highest BCUT2D eigenvalue weighted by Gasteiger charge is 2.27. The summed E-state index contributed by atoms with van der Waals surface area (Å²) >= 11 is 3.38. The molecule has 1 amide bonds. The van der Waals surface area contributed by atoms with Crippen molar-refractivity contribution in [1.82, 2.24) is 5.32 Å². The number of carbonyl (C=O) groups is 1. The van der Waals surface area contributed by atoms with Gasteiger partial charge in [0, 0.05) is 10.5 Å². The van der Waals surface area contributed by atoms with Gasteiger partial charge in [0.15, 0.2) is 0 Å². The lowest BCUT2D eigenvalue weighted by atomic mass is 10.00. The summed E-state index contributed by atoms with van der Waals surface area (Å²) < 4.78 is 0.967. The molecule has 1 fully saturated rings. The molecule has 0 aromatic heterocycles. The van der Waals surface area contributed by atoms with Gasteiger partial charge in [0.25, 0.3) is 0 Å². The summed E-state index contributed by atoms with van der Waals surface area (Å²) in [5, 5.41) is 11.9. The first-order valence-corrected chi connectivity index (χ1v) is 6.43. The van der Waals surface area contributed by atoms with Gasteiger partial charge in [-0.15, -0.1) is 0 Å². The lowest BCUT2D eigenvalue weighted by molar-refractivity contribution is -0.123. The monoisotopic (exact) mass is 292 g/mol. The molecule has 3 nitrogen and oxygen atoms in total. The van der Waals surface area contributed by atoms with Gasteiger partial charge < -0.3 is 5.32 Å². The SMILES string of the molecule is N#CC(Cc1cccc(Br)c1)C(=O)NC1CC1. The number of nitrogens with zero attached hydrogens (tertiary/aromatic N) is 1. The third kappa shape index (κ3) is 3.57. The van der Waals surface area contributed by atoms with E-state index in [9.17, 15) is 4.79 Å². The van der Waals surface area contributed by atoms with Crippen molar-refractivity contribution in [3.8, 4) is 6.07 Å². The minimum atomic E-state index is -0.593. The van der Waals surface area contributed by atoms with Crippen molar-refractivity contribution < 1.29 is 4.79 Å². The van der Waals surface area contributed by atoms with Gasteiger partial charge in [-0.05, 0) is 37.0 Å². The molecule has 88 valence electrons. The van der Waals surface area contributed by atoms with Crippen LogP contribution in [0.5, 0.6) is 0 Å². The average Bonchev–Trinajstić information content (AvgIpc) is 3.09. The molecular weight excluding hydrogens is 280 g/mol. The van der Waals surface area contributed by atoms with Gasteiger partial charge in [-0.25, -0.2) is 0 Å². The zero-order valence-corrected chi connectivity index (χ0v) is 10.9. The van der Waals surface area contributed by atoms with Gasteiger partial charge in [0.2, 0.25) is 5.91 Å². The number of nitriles is 1. The Balaban J connectivity index is 1.99. The third-order valence-corrected chi connectivity index (χ3v) is 3.22. The van der Waals surface area contributed by atoms with E-state index in [2.05, 4.69) is 27.3 Å². The zero-order chi connectivity index (χ0) is 12.3. The summed E-state index contributed by atoms with van der Waals surface area (Å²) in [5.41, 5.74) is 0.997. The second kappa shape index (κ2) is 5.33. The predicted molar refractivity (Wildman–Crippen MR) is 68.1 cm³/mol. The smallest absolute Gasteiger partial charge is 0.237 e. The Kier molecular flexibility index (Phi) is 3.80. The highest BCUT2D eigenvalue weighted by atomic mass is 79.9. The minimum Gasteiger partial charge on any atom is -0.352 e. The number of benzene rings is 1. The van der Waals surface area contributed by atoms with Gasteiger partial charge in [-0.1, -0.05) is 28.1 Å². The molecule has 1 unspecified atom stereocenters. The molecule has 1 aromatic carbocycles. The molecule has 0 spiro atoms. The van der Waals surface area contributed by atoms with Crippen molar-refractivity contribution >= 4 is 21.8 Å². The van der Waals surface area contributed by atoms with Gasteiger partial charge in [-0.2, -0.15) is 5.26 Å². The number of halogens is 1. The maximum absolute atomic E-state index is 11.8. The zero-order valence-electron chi connectivity index (χ0n) is 9.32. The molecule has 17 heavy (non-hydrogen) atoms. The van der Waals surface area contributed by atoms with Crippen LogP contribution in [0.25, 0.3) is 0 Å². The molecule has 0 bridgehead atoms. The van der Waals surface area contributed by atoms with Crippen molar-refractivity contribution in [3.05, 3.63) is 34.3 Å². The summed E-state index contributed by atoms with van der Waals surface area (Å²) in [6, 6.07) is 10.1. The van der Waals surface area contributed by atoms with E-state index in [0.717, 1.165) is 22.9 Å². The Bertz CT molecular complexity index is 463. The normalized spacial score (nSPS) is 16.0. The molecule has 1 aliphatic rings. The Hall–Kier alpha value is -1.34. The van der Waals surface area contributed by atoms with E-state index in [4.69, 9.17) is 5.26 Å². The molecular formula is C13H13BrN2O. The lowest BCUT2D eigenvalue weighted by Gasteiger charge is -2.09. The van der Waals surface area contributed by atoms with Crippen molar-refractivity contribution in [3.63, 3.8) is 0 Å². The number of hydrogen-bond donors (Lipinski definition) is 1. The van der Waals surface area contributed by atoms with Crippen molar-refractivity contribution in [2.45, 2.75) is 25.3 Å². The largest absolute Gasteiger partial charge is 0.352 e. The Morgan fingerprint density at radius 2 is 2.35 bits per heavy atom. The molecule has 1 N–H and O–H groups in total. The predicted octanol–water partition coefficient (Wildman–Crippen LogP) is 2.41. The molecule has 1 saturated carbocycles. The van der Waals surface area contributed by atoms with E-state index < -0.39 is 5.92 Å². The summed E-state index contributed by atoms with van der Waals surface area (Å²) in [7, 11) is 0. The van der Waals surface area contributed by atoms with Gasteiger partial charge in [0.1, 0.15) is 5.92 Å². The van der Waals surface area contributed by atoms with Gasteiger partial charge in [-0.3, -0.25) is 4.79 Å². The molecule has 0 aliphatic heterocycles. The van der Waals surface area contributed by atoms with Crippen molar-refractivity contribution in [2.75, 3.05) is 0 Å². The second-order valence-electron chi connectivity index (χ2n) is 4.30. The number of carbonyl (C=O) groups excluding carboxylic acids is 1. The average molecular weight is 293 g/mol. The van der Waals surface area contributed by atoms with E-state index in [1.165, 1.54) is 0 Å². The maximum atomic E-state index is 11.8. The van der Waals surface area contributed by atoms with Crippen LogP contribution in [0.2, 0.25) is 0 Å². The van der Waals surface area contributed by atoms with E-state index >= 15 is 0 Å². The van der Waals surface area contributed by atoms with Crippen molar-refractivity contribution in [1.29, 1.82) is 5.26 Å². The Morgan fingerprint density at radius 3 is 2.94 bits per heavy atom. The Morgan fingerprint density at radius 1 is 1.59 bits per heavy atom. The van der Waals surface area contributed by atoms with Crippen LogP contribution in [0.3, 0.4) is 0 Å². The number of amides is 1. The topological polar surface area (TPSA) is 52.9 Å². The van der Waals surface area contributed by atoms with E-state index in [-0.39, 0.29) is 5.91 Å². The van der Waals surface area contributed by atoms with Gasteiger partial charge in [0.05, 0.1) is 6.07 Å². The molecule has 4 heteroatoms. The molecule has 0 radical (unpaired) electrons. The fourth-order valence-corrected chi connectivity index (χ4v) is 2.07. The standard InChI is InChI=1S/C13H13BrN2O/c14-11-3-1-2-9(7-11)6-10(8-15)13(17)16-12-4-5-12/h1-3,7,10,12H,4-6H2,(H,16,17). The summed E-state index contributed by atoms with van der Waals surface area (Å²) in [6.45, 7) is 0. The van der Waals surface area contributed by atoms with E-state index in [1.54, 1.807) is 0 Å². The highest BCUT2D eigenvalue weighted by Crippen LogP contribution is 2.20. The maximum Gasteiger partial charge on any atom is 0.237 e. The fraction of sp³-hybridized carbons (Fsp3) is 0.385. The van der Waals surface area contributed by atoms with E-state index in [0.29, 0.717) is 12.5 Å². The van der Waals surface area contributed by atoms with Crippen LogP contribution in [0.4, 0.5) is 0 Å². The molecule has 2 rings (SSSR count). The summed E-state index contributed by atoms with van der Waals surface area (Å²) in [5.74, 6) is -0.736. The first-order chi connectivity index (χ1) is 8.19. The quantitative estimate of drug-likeness (QED) is 0.926. The molecule has 0 saturated heterocycles. The van der Waals surface area contributed by atoms with E-state index in [1.807, 2.05) is 24.3 Å². The first-order valence-electron chi connectivity index (χ1n) is 5.63. The van der Waals surface area contributed by atoms with Gasteiger partial charge >= 0.3 is 0 Å². The van der Waals surface area contributed by atoms with Crippen molar-refractivity contribution in [2.24, 2.45) is 5.92 Å². The summed E-state index contributed by atoms with van der Waals surface area (Å²) in [4.78, 5) is 11.8. The van der Waals surface area contributed by atoms with Crippen LogP contribution in [0.15, 0.2) is 28.7 Å². The number of nitrogens with one attached hydrogen (secondary N) is 1. The molecule has 1 aromatic rings. The van der Waals surface area contributed by atoms with Crippen LogP contribution < -0.4 is 5.32 Å². The van der Waals surface area contributed by atoms with Crippen LogP contribution in [-0.2, 0) is 11.2 Å². The molecule has 1 atom stereocenters. The minimum absolute atomic E-state index is 0.144. The summed E-state index contributed by atoms with van der Waals surface area (Å²) in [6.07, 6.45) is 2.55. The highest BCUT2D eigenvalue weighted by molar-refractivity contribution is 9.10. The second-order valence-corrected chi connectivity index (χ2v) is 5.21. The van der Waals surface area contributed by atoms with Crippen LogP contribution in [-0.4, -0.2) is 11.9 Å². The molecule has 0 heterocycles. The van der Waals surface area contributed by atoms with Crippen LogP contribution in [0, 0.1) is 17.2 Å². The Labute approximate surface area is 109 Å². The fourth-order valence-electron chi connectivity index (χ4n) is 1.63. The number of hydrogen-bond acceptors (Lipinski definition) is 2. The third-order valence-electron chi connectivity index (χ3n) is 2.72. The lowest BCUT2D eigenvalue weighted by Crippen LogP contribution is -2.32. The van der Waals surface area contributed by atoms with Crippen LogP contribution in [0.1, 0.15) is 18.4 Å². The first kappa shape index (κ1) is 12.1. The number of rotatable bonds is 4. The molecule has 1 aliphatic carbocycles.